The maximum atomic E-state index is 10.3. The van der Waals surface area contributed by atoms with E-state index in [-0.39, 0.29) is 0 Å². The Morgan fingerprint density at radius 1 is 1.56 bits per heavy atom. The van der Waals surface area contributed by atoms with Gasteiger partial charge in [0.05, 0.1) is 0 Å². The molecule has 50 valence electrons. The molecule has 2 saturated carbocycles. The molecule has 0 aromatic carbocycles. The molecule has 0 bridgehead atoms. The predicted molar refractivity (Wildman–Crippen MR) is 35.0 cm³/mol. The Morgan fingerprint density at radius 3 is 2.56 bits per heavy atom. The largest absolute Gasteiger partial charge is 0.303 e. The second-order valence-electron chi connectivity index (χ2n) is 3.80. The van der Waals surface area contributed by atoms with Crippen LogP contribution in [-0.2, 0) is 4.79 Å². The van der Waals surface area contributed by atoms with Gasteiger partial charge >= 0.3 is 0 Å². The summed E-state index contributed by atoms with van der Waals surface area (Å²) in [6.07, 6.45) is 5.04. The zero-order valence-electron chi connectivity index (χ0n) is 5.76. The highest BCUT2D eigenvalue weighted by atomic mass is 16.1. The summed E-state index contributed by atoms with van der Waals surface area (Å²) in [5.41, 5.74) is 0.603. The van der Waals surface area contributed by atoms with E-state index in [1.165, 1.54) is 19.3 Å². The van der Waals surface area contributed by atoms with Gasteiger partial charge in [0.1, 0.15) is 6.29 Å². The van der Waals surface area contributed by atoms with Gasteiger partial charge in [-0.1, -0.05) is 6.92 Å². The van der Waals surface area contributed by atoms with Crippen LogP contribution in [0.25, 0.3) is 0 Å². The lowest BCUT2D eigenvalue weighted by Crippen LogP contribution is -1.98. The zero-order valence-corrected chi connectivity index (χ0v) is 5.76. The summed E-state index contributed by atoms with van der Waals surface area (Å²) in [6, 6.07) is 0. The van der Waals surface area contributed by atoms with Crippen LogP contribution < -0.4 is 0 Å². The van der Waals surface area contributed by atoms with Crippen molar-refractivity contribution in [3.63, 3.8) is 0 Å². The summed E-state index contributed by atoms with van der Waals surface area (Å²) in [4.78, 5) is 10.3. The highest BCUT2D eigenvalue weighted by molar-refractivity contribution is 5.58. The molecule has 0 amide bonds. The van der Waals surface area contributed by atoms with Gasteiger partial charge < -0.3 is 4.79 Å². The summed E-state index contributed by atoms with van der Waals surface area (Å²) in [5, 5.41) is 0. The highest BCUT2D eigenvalue weighted by Crippen LogP contribution is 2.63. The highest BCUT2D eigenvalue weighted by Gasteiger charge is 2.55. The third-order valence-corrected chi connectivity index (χ3v) is 2.95. The fourth-order valence-corrected chi connectivity index (χ4v) is 1.73. The van der Waals surface area contributed by atoms with Gasteiger partial charge in [0, 0.05) is 5.92 Å². The van der Waals surface area contributed by atoms with Gasteiger partial charge in [0.25, 0.3) is 0 Å². The molecular weight excluding hydrogens is 112 g/mol. The van der Waals surface area contributed by atoms with Crippen molar-refractivity contribution in [2.24, 2.45) is 17.3 Å². The van der Waals surface area contributed by atoms with Crippen molar-refractivity contribution in [3.05, 3.63) is 0 Å². The van der Waals surface area contributed by atoms with Crippen LogP contribution in [0.5, 0.6) is 0 Å². The second kappa shape index (κ2) is 1.39. The number of carbonyl (C=O) groups is 1. The fraction of sp³-hybridized carbons (Fsp3) is 0.875. The number of aldehydes is 1. The molecule has 0 aliphatic heterocycles. The van der Waals surface area contributed by atoms with Crippen LogP contribution in [0.1, 0.15) is 26.2 Å². The molecule has 0 N–H and O–H groups in total. The molecule has 1 nitrogen and oxygen atoms in total. The van der Waals surface area contributed by atoms with E-state index in [4.69, 9.17) is 0 Å². The maximum Gasteiger partial charge on any atom is 0.123 e. The lowest BCUT2D eigenvalue weighted by molar-refractivity contribution is -0.109. The first-order valence-electron chi connectivity index (χ1n) is 3.71. The SMILES string of the molecule is CC1([C@@H]2C[C@H]2C=O)CC1. The van der Waals surface area contributed by atoms with Crippen molar-refractivity contribution in [2.75, 3.05) is 0 Å². The molecule has 0 aromatic heterocycles. The summed E-state index contributed by atoms with van der Waals surface area (Å²) in [6.45, 7) is 2.31. The Kier molecular flexibility index (Phi) is 0.842. The predicted octanol–water partition coefficient (Wildman–Crippen LogP) is 1.62. The van der Waals surface area contributed by atoms with Crippen molar-refractivity contribution in [1.82, 2.24) is 0 Å². The maximum absolute atomic E-state index is 10.3. The molecule has 0 radical (unpaired) electrons. The van der Waals surface area contributed by atoms with Crippen molar-refractivity contribution in [3.8, 4) is 0 Å². The van der Waals surface area contributed by atoms with Gasteiger partial charge in [-0.2, -0.15) is 0 Å². The van der Waals surface area contributed by atoms with Crippen LogP contribution in [0.15, 0.2) is 0 Å². The minimum Gasteiger partial charge on any atom is -0.303 e. The normalized spacial score (nSPS) is 44.1. The summed E-state index contributed by atoms with van der Waals surface area (Å²) >= 11 is 0. The summed E-state index contributed by atoms with van der Waals surface area (Å²) < 4.78 is 0. The molecule has 0 heterocycles. The zero-order chi connectivity index (χ0) is 6.48. The van der Waals surface area contributed by atoms with Gasteiger partial charge in [-0.25, -0.2) is 0 Å². The van der Waals surface area contributed by atoms with Crippen molar-refractivity contribution >= 4 is 6.29 Å². The van der Waals surface area contributed by atoms with E-state index < -0.39 is 0 Å². The van der Waals surface area contributed by atoms with Crippen LogP contribution in [0, 0.1) is 17.3 Å². The van der Waals surface area contributed by atoms with Crippen molar-refractivity contribution < 1.29 is 4.79 Å². The van der Waals surface area contributed by atoms with E-state index in [0.717, 1.165) is 12.2 Å². The molecule has 0 spiro atoms. The van der Waals surface area contributed by atoms with E-state index in [1.54, 1.807) is 0 Å². The van der Waals surface area contributed by atoms with E-state index in [2.05, 4.69) is 6.92 Å². The molecular formula is C8H12O. The van der Waals surface area contributed by atoms with E-state index in [1.807, 2.05) is 0 Å². The molecule has 2 aliphatic rings. The molecule has 9 heavy (non-hydrogen) atoms. The first kappa shape index (κ1) is 5.45. The number of carbonyl (C=O) groups excluding carboxylic acids is 1. The lowest BCUT2D eigenvalue weighted by Gasteiger charge is -2.02. The number of hydrogen-bond donors (Lipinski definition) is 0. The second-order valence-corrected chi connectivity index (χ2v) is 3.80. The standard InChI is InChI=1S/C8H12O/c1-8(2-3-8)7-4-6(7)5-9/h5-7H,2-4H2,1H3/t6-,7+/m0/s1. The van der Waals surface area contributed by atoms with Crippen LogP contribution in [0.2, 0.25) is 0 Å². The van der Waals surface area contributed by atoms with Gasteiger partial charge in [-0.05, 0) is 30.6 Å². The van der Waals surface area contributed by atoms with Gasteiger partial charge in [-0.15, -0.1) is 0 Å². The van der Waals surface area contributed by atoms with Gasteiger partial charge in [0.15, 0.2) is 0 Å². The third-order valence-electron chi connectivity index (χ3n) is 2.95. The van der Waals surface area contributed by atoms with Crippen LogP contribution in [0.3, 0.4) is 0 Å². The van der Waals surface area contributed by atoms with Crippen molar-refractivity contribution in [1.29, 1.82) is 0 Å². The van der Waals surface area contributed by atoms with Gasteiger partial charge in [0.2, 0.25) is 0 Å². The monoisotopic (exact) mass is 124 g/mol. The Morgan fingerprint density at radius 2 is 2.22 bits per heavy atom. The van der Waals surface area contributed by atoms with Gasteiger partial charge in [-0.3, -0.25) is 0 Å². The molecule has 1 heteroatoms. The number of hydrogen-bond acceptors (Lipinski definition) is 1. The molecule has 2 rings (SSSR count). The number of rotatable bonds is 2. The molecule has 2 atom stereocenters. The average molecular weight is 124 g/mol. The third kappa shape index (κ3) is 0.707. The summed E-state index contributed by atoms with van der Waals surface area (Å²) in [7, 11) is 0. The van der Waals surface area contributed by atoms with E-state index in [9.17, 15) is 4.79 Å². The van der Waals surface area contributed by atoms with Crippen LogP contribution >= 0.6 is 0 Å². The Balaban J connectivity index is 1.96. The molecule has 2 aliphatic carbocycles. The fourth-order valence-electron chi connectivity index (χ4n) is 1.73. The van der Waals surface area contributed by atoms with Crippen molar-refractivity contribution in [2.45, 2.75) is 26.2 Å². The summed E-state index contributed by atoms with van der Waals surface area (Å²) in [5.74, 6) is 1.22. The lowest BCUT2D eigenvalue weighted by atomic mass is 10.0. The molecule has 2 fully saturated rings. The minimum atomic E-state index is 0.442. The Bertz CT molecular complexity index is 147. The topological polar surface area (TPSA) is 17.1 Å². The smallest absolute Gasteiger partial charge is 0.123 e. The van der Waals surface area contributed by atoms with E-state index in [0.29, 0.717) is 11.3 Å². The Hall–Kier alpha value is -0.330. The average Bonchev–Trinajstić information content (AvgIpc) is 2.60. The van der Waals surface area contributed by atoms with E-state index >= 15 is 0 Å². The minimum absolute atomic E-state index is 0.442. The quantitative estimate of drug-likeness (QED) is 0.511. The molecule has 0 aromatic rings. The first-order valence-corrected chi connectivity index (χ1v) is 3.71. The molecule has 0 saturated heterocycles. The molecule has 0 unspecified atom stereocenters. The first-order chi connectivity index (χ1) is 4.26. The van der Waals surface area contributed by atoms with Crippen LogP contribution in [-0.4, -0.2) is 6.29 Å². The van der Waals surface area contributed by atoms with Crippen LogP contribution in [0.4, 0.5) is 0 Å². The Labute approximate surface area is 55.4 Å².